The molecule has 0 amide bonds. The highest BCUT2D eigenvalue weighted by molar-refractivity contribution is 5.53. The van der Waals surface area contributed by atoms with Crippen LogP contribution < -0.4 is 15.4 Å². The first-order valence-electron chi connectivity index (χ1n) is 8.23. The fourth-order valence-corrected chi connectivity index (χ4v) is 2.91. The zero-order valence-electron chi connectivity index (χ0n) is 13.7. The summed E-state index contributed by atoms with van der Waals surface area (Å²) in [5.41, 5.74) is 9.06. The van der Waals surface area contributed by atoms with Crippen molar-refractivity contribution in [3.63, 3.8) is 0 Å². The van der Waals surface area contributed by atoms with E-state index in [4.69, 9.17) is 10.5 Å². The molecule has 0 bridgehead atoms. The summed E-state index contributed by atoms with van der Waals surface area (Å²) in [5, 5.41) is 0. The first-order valence-corrected chi connectivity index (χ1v) is 8.23. The fourth-order valence-electron chi connectivity index (χ4n) is 2.91. The SMILES string of the molecule is Cc1cccc(OCCN2CCN(c3ccc(N)cc3)CC2)c1. The van der Waals surface area contributed by atoms with Crippen LogP contribution in [0.2, 0.25) is 0 Å². The molecule has 1 heterocycles. The van der Waals surface area contributed by atoms with Crippen molar-refractivity contribution < 1.29 is 4.74 Å². The van der Waals surface area contributed by atoms with Gasteiger partial charge in [-0.1, -0.05) is 12.1 Å². The van der Waals surface area contributed by atoms with Crippen molar-refractivity contribution >= 4 is 11.4 Å². The maximum absolute atomic E-state index is 5.85. The van der Waals surface area contributed by atoms with E-state index in [1.807, 2.05) is 24.3 Å². The van der Waals surface area contributed by atoms with Crippen LogP contribution in [0.5, 0.6) is 5.75 Å². The van der Waals surface area contributed by atoms with Crippen molar-refractivity contribution in [1.29, 1.82) is 0 Å². The van der Waals surface area contributed by atoms with E-state index in [0.29, 0.717) is 0 Å². The Morgan fingerprint density at radius 1 is 1.00 bits per heavy atom. The minimum atomic E-state index is 0.741. The number of anilines is 2. The Labute approximate surface area is 138 Å². The number of ether oxygens (including phenoxy) is 1. The summed E-state index contributed by atoms with van der Waals surface area (Å²) in [6.45, 7) is 8.05. The molecule has 3 rings (SSSR count). The zero-order valence-corrected chi connectivity index (χ0v) is 13.7. The van der Waals surface area contributed by atoms with Crippen LogP contribution in [0.1, 0.15) is 5.56 Å². The number of nitrogens with two attached hydrogens (primary N) is 1. The van der Waals surface area contributed by atoms with Crippen LogP contribution in [0.4, 0.5) is 11.4 Å². The Bertz CT molecular complexity index is 619. The van der Waals surface area contributed by atoms with Gasteiger partial charge in [-0.2, -0.15) is 0 Å². The maximum Gasteiger partial charge on any atom is 0.119 e. The Morgan fingerprint density at radius 2 is 1.74 bits per heavy atom. The van der Waals surface area contributed by atoms with E-state index in [0.717, 1.165) is 50.8 Å². The number of aryl methyl sites for hydroxylation is 1. The maximum atomic E-state index is 5.85. The number of nitrogens with zero attached hydrogens (tertiary/aromatic N) is 2. The summed E-state index contributed by atoms with van der Waals surface area (Å²) in [5.74, 6) is 0.963. The molecule has 2 N–H and O–H groups in total. The second-order valence-electron chi connectivity index (χ2n) is 6.09. The molecule has 2 aromatic rings. The second-order valence-corrected chi connectivity index (χ2v) is 6.09. The lowest BCUT2D eigenvalue weighted by molar-refractivity contribution is 0.200. The molecule has 0 saturated carbocycles. The van der Waals surface area contributed by atoms with Crippen LogP contribution in [0.15, 0.2) is 48.5 Å². The van der Waals surface area contributed by atoms with Gasteiger partial charge in [-0.25, -0.2) is 0 Å². The lowest BCUT2D eigenvalue weighted by atomic mass is 10.2. The molecule has 4 nitrogen and oxygen atoms in total. The Hall–Kier alpha value is -2.20. The molecule has 0 atom stereocenters. The van der Waals surface area contributed by atoms with E-state index < -0.39 is 0 Å². The highest BCUT2D eigenvalue weighted by Gasteiger charge is 2.16. The van der Waals surface area contributed by atoms with Crippen molar-refractivity contribution in [2.24, 2.45) is 0 Å². The number of benzene rings is 2. The van der Waals surface area contributed by atoms with E-state index >= 15 is 0 Å². The number of nitrogen functional groups attached to an aromatic ring is 1. The second kappa shape index (κ2) is 7.38. The van der Waals surface area contributed by atoms with E-state index in [-0.39, 0.29) is 0 Å². The molecule has 0 spiro atoms. The van der Waals surface area contributed by atoms with Crippen LogP contribution in [0.25, 0.3) is 0 Å². The molecule has 122 valence electrons. The zero-order chi connectivity index (χ0) is 16.1. The van der Waals surface area contributed by atoms with Gasteiger partial charge in [0.05, 0.1) is 0 Å². The number of piperazine rings is 1. The van der Waals surface area contributed by atoms with Crippen LogP contribution in [-0.4, -0.2) is 44.2 Å². The standard InChI is InChI=1S/C19H25N3O/c1-16-3-2-4-19(15-16)23-14-13-21-9-11-22(12-10-21)18-7-5-17(20)6-8-18/h2-8,15H,9-14,20H2,1H3. The molecule has 1 fully saturated rings. The fraction of sp³-hybridized carbons (Fsp3) is 0.368. The number of rotatable bonds is 5. The Balaban J connectivity index is 1.41. The predicted molar refractivity (Wildman–Crippen MR) is 96.2 cm³/mol. The normalized spacial score (nSPS) is 15.6. The summed E-state index contributed by atoms with van der Waals surface area (Å²) in [7, 11) is 0. The third-order valence-electron chi connectivity index (χ3n) is 4.30. The van der Waals surface area contributed by atoms with E-state index in [1.54, 1.807) is 0 Å². The van der Waals surface area contributed by atoms with Gasteiger partial charge < -0.3 is 15.4 Å². The molecule has 0 unspecified atom stereocenters. The van der Waals surface area contributed by atoms with Crippen LogP contribution >= 0.6 is 0 Å². The van der Waals surface area contributed by atoms with Crippen LogP contribution in [-0.2, 0) is 0 Å². The molecule has 2 aromatic carbocycles. The molecular weight excluding hydrogens is 286 g/mol. The minimum Gasteiger partial charge on any atom is -0.492 e. The van der Waals surface area contributed by atoms with Gasteiger partial charge in [0.2, 0.25) is 0 Å². The molecule has 1 aliphatic rings. The van der Waals surface area contributed by atoms with Crippen molar-refractivity contribution in [2.45, 2.75) is 6.92 Å². The molecule has 0 aliphatic carbocycles. The predicted octanol–water partition coefficient (Wildman–Crippen LogP) is 2.78. The van der Waals surface area contributed by atoms with E-state index in [2.05, 4.69) is 41.0 Å². The van der Waals surface area contributed by atoms with E-state index in [9.17, 15) is 0 Å². The molecule has 1 saturated heterocycles. The topological polar surface area (TPSA) is 41.7 Å². The largest absolute Gasteiger partial charge is 0.492 e. The van der Waals surface area contributed by atoms with Crippen molar-refractivity contribution in [3.8, 4) is 5.75 Å². The average Bonchev–Trinajstić information content (AvgIpc) is 2.56. The first kappa shape index (κ1) is 15.7. The summed E-state index contributed by atoms with van der Waals surface area (Å²) in [6, 6.07) is 16.4. The van der Waals surface area contributed by atoms with Gasteiger partial charge in [0.25, 0.3) is 0 Å². The third-order valence-corrected chi connectivity index (χ3v) is 4.30. The van der Waals surface area contributed by atoms with Crippen molar-refractivity contribution in [1.82, 2.24) is 4.90 Å². The van der Waals surface area contributed by atoms with Crippen molar-refractivity contribution in [2.75, 3.05) is 50.0 Å². The molecule has 1 aliphatic heterocycles. The van der Waals surface area contributed by atoms with Gasteiger partial charge >= 0.3 is 0 Å². The summed E-state index contributed by atoms with van der Waals surface area (Å²) >= 11 is 0. The Morgan fingerprint density at radius 3 is 2.43 bits per heavy atom. The summed E-state index contributed by atoms with van der Waals surface area (Å²) in [4.78, 5) is 4.88. The lowest BCUT2D eigenvalue weighted by Crippen LogP contribution is -2.47. The minimum absolute atomic E-state index is 0.741. The quantitative estimate of drug-likeness (QED) is 0.862. The van der Waals surface area contributed by atoms with Crippen LogP contribution in [0, 0.1) is 6.92 Å². The van der Waals surface area contributed by atoms with E-state index in [1.165, 1.54) is 11.3 Å². The van der Waals surface area contributed by atoms with Gasteiger partial charge in [-0.05, 0) is 48.9 Å². The van der Waals surface area contributed by atoms with Gasteiger partial charge in [-0.3, -0.25) is 4.90 Å². The smallest absolute Gasteiger partial charge is 0.119 e. The summed E-state index contributed by atoms with van der Waals surface area (Å²) in [6.07, 6.45) is 0. The Kier molecular flexibility index (Phi) is 5.03. The number of hydrogen-bond donors (Lipinski definition) is 1. The lowest BCUT2D eigenvalue weighted by Gasteiger charge is -2.36. The third kappa shape index (κ3) is 4.39. The monoisotopic (exact) mass is 311 g/mol. The van der Waals surface area contributed by atoms with Gasteiger partial charge in [0, 0.05) is 44.1 Å². The van der Waals surface area contributed by atoms with Gasteiger partial charge in [0.15, 0.2) is 0 Å². The first-order chi connectivity index (χ1) is 11.2. The molecule has 23 heavy (non-hydrogen) atoms. The highest BCUT2D eigenvalue weighted by atomic mass is 16.5. The summed E-state index contributed by atoms with van der Waals surface area (Å²) < 4.78 is 5.85. The molecule has 0 radical (unpaired) electrons. The van der Waals surface area contributed by atoms with Gasteiger partial charge in [-0.15, -0.1) is 0 Å². The van der Waals surface area contributed by atoms with Crippen LogP contribution in [0.3, 0.4) is 0 Å². The molecule has 0 aromatic heterocycles. The highest BCUT2D eigenvalue weighted by Crippen LogP contribution is 2.18. The average molecular weight is 311 g/mol. The molecular formula is C19H25N3O. The van der Waals surface area contributed by atoms with Crippen molar-refractivity contribution in [3.05, 3.63) is 54.1 Å². The molecule has 4 heteroatoms. The van der Waals surface area contributed by atoms with Gasteiger partial charge in [0.1, 0.15) is 12.4 Å². The number of hydrogen-bond acceptors (Lipinski definition) is 4.